The van der Waals surface area contributed by atoms with Gasteiger partial charge in [-0.15, -0.1) is 0 Å². The van der Waals surface area contributed by atoms with E-state index < -0.39 is 20.0 Å². The first kappa shape index (κ1) is 22.6. The van der Waals surface area contributed by atoms with Crippen LogP contribution in [0.25, 0.3) is 0 Å². The molecule has 1 fully saturated rings. The summed E-state index contributed by atoms with van der Waals surface area (Å²) in [5.41, 5.74) is 0.295. The van der Waals surface area contributed by atoms with Crippen molar-refractivity contribution >= 4 is 25.7 Å². The van der Waals surface area contributed by atoms with E-state index in [4.69, 9.17) is 4.74 Å². The highest BCUT2D eigenvalue weighted by Gasteiger charge is 2.31. The van der Waals surface area contributed by atoms with Crippen LogP contribution in [-0.4, -0.2) is 40.8 Å². The molecule has 2 aromatic rings. The van der Waals surface area contributed by atoms with Gasteiger partial charge in [0.05, 0.1) is 16.4 Å². The first-order chi connectivity index (χ1) is 14.1. The first-order valence-corrected chi connectivity index (χ1v) is 12.9. The Hall–Kier alpha value is -2.10. The van der Waals surface area contributed by atoms with Crippen LogP contribution in [-0.2, 0) is 20.0 Å². The fourth-order valence-corrected chi connectivity index (χ4v) is 6.48. The molecule has 1 N–H and O–H groups in total. The largest absolute Gasteiger partial charge is 0.494 e. The van der Waals surface area contributed by atoms with Crippen LogP contribution in [0.4, 0.5) is 5.69 Å². The molecule has 2 unspecified atom stereocenters. The lowest BCUT2D eigenvalue weighted by Crippen LogP contribution is -2.42. The molecule has 30 heavy (non-hydrogen) atoms. The zero-order valence-corrected chi connectivity index (χ0v) is 19.0. The van der Waals surface area contributed by atoms with E-state index >= 15 is 0 Å². The number of nitrogens with zero attached hydrogens (tertiary/aromatic N) is 1. The van der Waals surface area contributed by atoms with Gasteiger partial charge in [-0.05, 0) is 73.7 Å². The fourth-order valence-electron chi connectivity index (χ4n) is 3.74. The Labute approximate surface area is 179 Å². The third-order valence-corrected chi connectivity index (χ3v) is 8.27. The summed E-state index contributed by atoms with van der Waals surface area (Å²) >= 11 is 0. The Morgan fingerprint density at radius 2 is 1.43 bits per heavy atom. The second kappa shape index (κ2) is 8.95. The Bertz CT molecular complexity index is 1060. The lowest BCUT2D eigenvalue weighted by molar-refractivity contribution is 0.222. The average Bonchev–Trinajstić information content (AvgIpc) is 2.68. The predicted molar refractivity (Wildman–Crippen MR) is 117 cm³/mol. The summed E-state index contributed by atoms with van der Waals surface area (Å²) in [5.74, 6) is 1.21. The van der Waals surface area contributed by atoms with Crippen molar-refractivity contribution in [3.63, 3.8) is 0 Å². The van der Waals surface area contributed by atoms with Gasteiger partial charge < -0.3 is 4.74 Å². The van der Waals surface area contributed by atoms with E-state index in [1.54, 1.807) is 12.1 Å². The highest BCUT2D eigenvalue weighted by atomic mass is 32.2. The summed E-state index contributed by atoms with van der Waals surface area (Å²) < 4.78 is 60.4. The van der Waals surface area contributed by atoms with Gasteiger partial charge >= 0.3 is 0 Å². The number of nitrogens with one attached hydrogen (secondary N) is 1. The van der Waals surface area contributed by atoms with E-state index in [0.29, 0.717) is 43.0 Å². The SMILES string of the molecule is CCOc1ccc(S(=O)(=O)Nc2ccc(S(=O)(=O)N3CC(C)CC(C)C3)cc2)cc1. The zero-order chi connectivity index (χ0) is 21.9. The number of rotatable bonds is 7. The Morgan fingerprint density at radius 3 is 1.97 bits per heavy atom. The van der Waals surface area contributed by atoms with E-state index in [2.05, 4.69) is 18.6 Å². The number of hydrogen-bond acceptors (Lipinski definition) is 5. The van der Waals surface area contributed by atoms with Crippen molar-refractivity contribution in [1.29, 1.82) is 0 Å². The molecule has 0 radical (unpaired) electrons. The molecule has 3 rings (SSSR count). The monoisotopic (exact) mass is 452 g/mol. The van der Waals surface area contributed by atoms with Crippen LogP contribution < -0.4 is 9.46 Å². The molecule has 1 saturated heterocycles. The topological polar surface area (TPSA) is 92.8 Å². The summed E-state index contributed by atoms with van der Waals surface area (Å²) in [5, 5.41) is 0. The number of benzene rings is 2. The Kier molecular flexibility index (Phi) is 6.74. The van der Waals surface area contributed by atoms with Gasteiger partial charge in [0.1, 0.15) is 5.75 Å². The molecule has 0 saturated carbocycles. The van der Waals surface area contributed by atoms with Gasteiger partial charge in [0, 0.05) is 18.8 Å². The fraction of sp³-hybridized carbons (Fsp3) is 0.429. The molecule has 2 aromatic carbocycles. The van der Waals surface area contributed by atoms with E-state index in [-0.39, 0.29) is 9.79 Å². The standard InChI is InChI=1S/C21H28N2O5S2/c1-4-28-19-7-11-20(12-8-19)29(24,25)22-18-5-9-21(10-6-18)30(26,27)23-14-16(2)13-17(3)15-23/h5-12,16-17,22H,4,13-15H2,1-3H3. The number of piperidine rings is 1. The normalized spacial score (nSPS) is 20.6. The molecular weight excluding hydrogens is 424 g/mol. The van der Waals surface area contributed by atoms with E-state index in [0.717, 1.165) is 6.42 Å². The number of ether oxygens (including phenoxy) is 1. The summed E-state index contributed by atoms with van der Waals surface area (Å²) in [6.07, 6.45) is 1.01. The minimum Gasteiger partial charge on any atom is -0.494 e. The van der Waals surface area contributed by atoms with Gasteiger partial charge in [-0.3, -0.25) is 4.72 Å². The third kappa shape index (κ3) is 5.14. The minimum absolute atomic E-state index is 0.0962. The smallest absolute Gasteiger partial charge is 0.261 e. The average molecular weight is 453 g/mol. The summed E-state index contributed by atoms with van der Waals surface area (Å²) in [7, 11) is -7.40. The minimum atomic E-state index is -3.79. The van der Waals surface area contributed by atoms with Gasteiger partial charge in [0.25, 0.3) is 10.0 Å². The molecule has 0 amide bonds. The lowest BCUT2D eigenvalue weighted by Gasteiger charge is -2.34. The van der Waals surface area contributed by atoms with Crippen LogP contribution in [0.5, 0.6) is 5.75 Å². The first-order valence-electron chi connectivity index (χ1n) is 9.97. The summed E-state index contributed by atoms with van der Waals surface area (Å²) in [6.45, 7) is 7.45. The van der Waals surface area contributed by atoms with Crippen LogP contribution in [0.15, 0.2) is 58.3 Å². The molecule has 7 nitrogen and oxygen atoms in total. The number of hydrogen-bond donors (Lipinski definition) is 1. The number of sulfonamides is 2. The van der Waals surface area contributed by atoms with Crippen molar-refractivity contribution < 1.29 is 21.6 Å². The van der Waals surface area contributed by atoms with E-state index in [1.165, 1.54) is 40.7 Å². The van der Waals surface area contributed by atoms with Crippen LogP contribution in [0, 0.1) is 11.8 Å². The van der Waals surface area contributed by atoms with Gasteiger partial charge in [0.15, 0.2) is 0 Å². The van der Waals surface area contributed by atoms with Crippen LogP contribution >= 0.6 is 0 Å². The highest BCUT2D eigenvalue weighted by Crippen LogP contribution is 2.27. The quantitative estimate of drug-likeness (QED) is 0.693. The molecule has 0 spiro atoms. The van der Waals surface area contributed by atoms with Crippen molar-refractivity contribution in [3.05, 3.63) is 48.5 Å². The van der Waals surface area contributed by atoms with Gasteiger partial charge in [-0.25, -0.2) is 16.8 Å². The Morgan fingerprint density at radius 1 is 0.900 bits per heavy atom. The molecule has 0 aromatic heterocycles. The van der Waals surface area contributed by atoms with E-state index in [9.17, 15) is 16.8 Å². The van der Waals surface area contributed by atoms with Crippen molar-refractivity contribution in [2.45, 2.75) is 37.0 Å². The predicted octanol–water partition coefficient (Wildman–Crippen LogP) is 3.55. The third-order valence-electron chi connectivity index (χ3n) is 5.02. The summed E-state index contributed by atoms with van der Waals surface area (Å²) in [6, 6.07) is 11.9. The molecule has 2 atom stereocenters. The molecule has 9 heteroatoms. The molecular formula is C21H28N2O5S2. The molecule has 0 aliphatic carbocycles. The van der Waals surface area contributed by atoms with Crippen molar-refractivity contribution in [2.75, 3.05) is 24.4 Å². The molecule has 164 valence electrons. The van der Waals surface area contributed by atoms with Crippen molar-refractivity contribution in [3.8, 4) is 5.75 Å². The maximum Gasteiger partial charge on any atom is 0.261 e. The second-order valence-electron chi connectivity index (χ2n) is 7.80. The van der Waals surface area contributed by atoms with Gasteiger partial charge in [0.2, 0.25) is 10.0 Å². The molecule has 1 aliphatic rings. The molecule has 1 aliphatic heterocycles. The van der Waals surface area contributed by atoms with Crippen molar-refractivity contribution in [1.82, 2.24) is 4.31 Å². The zero-order valence-electron chi connectivity index (χ0n) is 17.4. The molecule has 0 bridgehead atoms. The Balaban J connectivity index is 1.75. The van der Waals surface area contributed by atoms with Crippen LogP contribution in [0.3, 0.4) is 0 Å². The summed E-state index contributed by atoms with van der Waals surface area (Å²) in [4.78, 5) is 0.256. The van der Waals surface area contributed by atoms with Gasteiger partial charge in [-0.2, -0.15) is 4.31 Å². The van der Waals surface area contributed by atoms with Crippen LogP contribution in [0.2, 0.25) is 0 Å². The molecule has 1 heterocycles. The van der Waals surface area contributed by atoms with Crippen molar-refractivity contribution in [2.24, 2.45) is 11.8 Å². The number of anilines is 1. The lowest BCUT2D eigenvalue weighted by atomic mass is 9.94. The highest BCUT2D eigenvalue weighted by molar-refractivity contribution is 7.92. The maximum absolute atomic E-state index is 13.0. The second-order valence-corrected chi connectivity index (χ2v) is 11.4. The van der Waals surface area contributed by atoms with Crippen LogP contribution in [0.1, 0.15) is 27.2 Å². The van der Waals surface area contributed by atoms with E-state index in [1.807, 2.05) is 6.92 Å². The maximum atomic E-state index is 13.0. The van der Waals surface area contributed by atoms with Gasteiger partial charge in [-0.1, -0.05) is 13.8 Å².